The van der Waals surface area contributed by atoms with Gasteiger partial charge in [-0.2, -0.15) is 0 Å². The molecule has 0 radical (unpaired) electrons. The van der Waals surface area contributed by atoms with E-state index in [4.69, 9.17) is 16.0 Å². The Balaban J connectivity index is 2.34. The molecule has 1 aromatic carbocycles. The number of rotatable bonds is 2. The maximum atomic E-state index is 9.97. The third kappa shape index (κ3) is 2.25. The zero-order chi connectivity index (χ0) is 10.8. The fourth-order valence-electron chi connectivity index (χ4n) is 1.31. The zero-order valence-electron chi connectivity index (χ0n) is 7.65. The lowest BCUT2D eigenvalue weighted by atomic mass is 10.0. The number of furan rings is 1. The van der Waals surface area contributed by atoms with Crippen molar-refractivity contribution >= 4 is 27.5 Å². The van der Waals surface area contributed by atoms with E-state index in [1.54, 1.807) is 24.3 Å². The first-order valence-electron chi connectivity index (χ1n) is 4.33. The SMILES string of the molecule is OC(c1ccoc1)c1ccc(Cl)c(Br)c1. The summed E-state index contributed by atoms with van der Waals surface area (Å²) in [5.41, 5.74) is 1.50. The van der Waals surface area contributed by atoms with Crippen molar-refractivity contribution in [3.8, 4) is 0 Å². The van der Waals surface area contributed by atoms with Crippen molar-refractivity contribution in [3.63, 3.8) is 0 Å². The Morgan fingerprint density at radius 2 is 2.07 bits per heavy atom. The molecule has 1 unspecified atom stereocenters. The lowest BCUT2D eigenvalue weighted by Gasteiger charge is -2.09. The highest BCUT2D eigenvalue weighted by atomic mass is 79.9. The van der Waals surface area contributed by atoms with Gasteiger partial charge in [-0.05, 0) is 39.7 Å². The van der Waals surface area contributed by atoms with Crippen molar-refractivity contribution in [1.82, 2.24) is 0 Å². The first-order chi connectivity index (χ1) is 7.18. The van der Waals surface area contributed by atoms with Crippen LogP contribution < -0.4 is 0 Å². The summed E-state index contributed by atoms with van der Waals surface area (Å²) < 4.78 is 5.68. The fourth-order valence-corrected chi connectivity index (χ4v) is 1.82. The van der Waals surface area contributed by atoms with Gasteiger partial charge in [0.05, 0.1) is 17.5 Å². The average molecular weight is 288 g/mol. The van der Waals surface area contributed by atoms with Crippen LogP contribution in [0.5, 0.6) is 0 Å². The summed E-state index contributed by atoms with van der Waals surface area (Å²) in [6.45, 7) is 0. The van der Waals surface area contributed by atoms with Crippen LogP contribution in [-0.4, -0.2) is 5.11 Å². The van der Waals surface area contributed by atoms with E-state index in [9.17, 15) is 5.11 Å². The lowest BCUT2D eigenvalue weighted by molar-refractivity contribution is 0.219. The number of aliphatic hydroxyl groups excluding tert-OH is 1. The molecule has 0 amide bonds. The number of halogens is 2. The maximum Gasteiger partial charge on any atom is 0.107 e. The van der Waals surface area contributed by atoms with Crippen molar-refractivity contribution in [2.75, 3.05) is 0 Å². The van der Waals surface area contributed by atoms with E-state index in [0.717, 1.165) is 15.6 Å². The average Bonchev–Trinajstić information content (AvgIpc) is 2.74. The maximum absolute atomic E-state index is 9.97. The minimum absolute atomic E-state index is 0.623. The van der Waals surface area contributed by atoms with Crippen molar-refractivity contribution in [2.24, 2.45) is 0 Å². The van der Waals surface area contributed by atoms with Crippen LogP contribution >= 0.6 is 27.5 Å². The molecule has 1 aromatic heterocycles. The summed E-state index contributed by atoms with van der Waals surface area (Å²) in [5, 5.41) is 10.6. The molecule has 78 valence electrons. The molecule has 2 aromatic rings. The van der Waals surface area contributed by atoms with Gasteiger partial charge < -0.3 is 9.52 Å². The normalized spacial score (nSPS) is 12.7. The summed E-state index contributed by atoms with van der Waals surface area (Å²) in [6.07, 6.45) is 2.37. The molecule has 0 bridgehead atoms. The molecule has 4 heteroatoms. The molecule has 0 aliphatic heterocycles. The molecule has 15 heavy (non-hydrogen) atoms. The Morgan fingerprint density at radius 3 is 2.67 bits per heavy atom. The number of benzene rings is 1. The number of aliphatic hydroxyl groups is 1. The quantitative estimate of drug-likeness (QED) is 0.912. The summed E-state index contributed by atoms with van der Waals surface area (Å²) in [7, 11) is 0. The third-order valence-electron chi connectivity index (χ3n) is 2.12. The van der Waals surface area contributed by atoms with Crippen LogP contribution in [0.1, 0.15) is 17.2 Å². The highest BCUT2D eigenvalue weighted by molar-refractivity contribution is 9.10. The van der Waals surface area contributed by atoms with Crippen LogP contribution in [0.2, 0.25) is 5.02 Å². The molecule has 2 rings (SSSR count). The van der Waals surface area contributed by atoms with Crippen LogP contribution in [-0.2, 0) is 0 Å². The van der Waals surface area contributed by atoms with E-state index in [0.29, 0.717) is 5.02 Å². The highest BCUT2D eigenvalue weighted by Crippen LogP contribution is 2.29. The first kappa shape index (κ1) is 10.7. The van der Waals surface area contributed by atoms with Crippen molar-refractivity contribution in [3.05, 3.63) is 57.4 Å². The van der Waals surface area contributed by atoms with Gasteiger partial charge in [-0.1, -0.05) is 17.7 Å². The van der Waals surface area contributed by atoms with Gasteiger partial charge >= 0.3 is 0 Å². The van der Waals surface area contributed by atoms with E-state index in [1.807, 2.05) is 0 Å². The molecule has 0 aliphatic carbocycles. The number of hydrogen-bond acceptors (Lipinski definition) is 2. The Morgan fingerprint density at radius 1 is 1.27 bits per heavy atom. The van der Waals surface area contributed by atoms with Crippen LogP contribution in [0.4, 0.5) is 0 Å². The largest absolute Gasteiger partial charge is 0.472 e. The van der Waals surface area contributed by atoms with E-state index in [2.05, 4.69) is 15.9 Å². The van der Waals surface area contributed by atoms with Crippen LogP contribution in [0, 0.1) is 0 Å². The van der Waals surface area contributed by atoms with Crippen molar-refractivity contribution < 1.29 is 9.52 Å². The highest BCUT2D eigenvalue weighted by Gasteiger charge is 2.12. The zero-order valence-corrected chi connectivity index (χ0v) is 9.99. The van der Waals surface area contributed by atoms with Gasteiger partial charge in [-0.3, -0.25) is 0 Å². The minimum Gasteiger partial charge on any atom is -0.472 e. The fraction of sp³-hybridized carbons (Fsp3) is 0.0909. The van der Waals surface area contributed by atoms with Gasteiger partial charge in [-0.25, -0.2) is 0 Å². The predicted octanol–water partition coefficient (Wildman–Crippen LogP) is 3.78. The molecular weight excluding hydrogens is 279 g/mol. The topological polar surface area (TPSA) is 33.4 Å². The molecule has 0 aliphatic rings. The van der Waals surface area contributed by atoms with Crippen LogP contribution in [0.25, 0.3) is 0 Å². The molecular formula is C11H8BrClO2. The molecule has 0 fully saturated rings. The van der Waals surface area contributed by atoms with Crippen molar-refractivity contribution in [1.29, 1.82) is 0 Å². The van der Waals surface area contributed by atoms with E-state index in [-0.39, 0.29) is 0 Å². The van der Waals surface area contributed by atoms with Crippen LogP contribution in [0.3, 0.4) is 0 Å². The van der Waals surface area contributed by atoms with Gasteiger partial charge in [0.25, 0.3) is 0 Å². The van der Waals surface area contributed by atoms with E-state index in [1.165, 1.54) is 12.5 Å². The Hall–Kier alpha value is -0.770. The minimum atomic E-state index is -0.683. The Kier molecular flexibility index (Phi) is 3.14. The standard InChI is InChI=1S/C11H8BrClO2/c12-9-5-7(1-2-10(9)13)11(14)8-3-4-15-6-8/h1-6,11,14H. The smallest absolute Gasteiger partial charge is 0.107 e. The Bertz CT molecular complexity index is 454. The third-order valence-corrected chi connectivity index (χ3v) is 3.33. The summed E-state index contributed by atoms with van der Waals surface area (Å²) in [5.74, 6) is 0. The van der Waals surface area contributed by atoms with Gasteiger partial charge in [0.15, 0.2) is 0 Å². The number of hydrogen-bond donors (Lipinski definition) is 1. The van der Waals surface area contributed by atoms with Gasteiger partial charge in [0.2, 0.25) is 0 Å². The second-order valence-corrected chi connectivity index (χ2v) is 4.39. The molecule has 2 nitrogen and oxygen atoms in total. The van der Waals surface area contributed by atoms with Gasteiger partial charge in [0, 0.05) is 10.0 Å². The molecule has 1 heterocycles. The molecule has 1 N–H and O–H groups in total. The molecule has 1 atom stereocenters. The predicted molar refractivity (Wildman–Crippen MR) is 61.9 cm³/mol. The Labute approximate surface area is 101 Å². The first-order valence-corrected chi connectivity index (χ1v) is 5.50. The van der Waals surface area contributed by atoms with Crippen LogP contribution in [0.15, 0.2) is 45.7 Å². The molecule has 0 saturated heterocycles. The molecule has 0 spiro atoms. The second kappa shape index (κ2) is 4.39. The van der Waals surface area contributed by atoms with Crippen molar-refractivity contribution in [2.45, 2.75) is 6.10 Å². The molecule has 0 saturated carbocycles. The van der Waals surface area contributed by atoms with E-state index >= 15 is 0 Å². The second-order valence-electron chi connectivity index (χ2n) is 3.13. The lowest BCUT2D eigenvalue weighted by Crippen LogP contribution is -1.97. The van der Waals surface area contributed by atoms with Gasteiger partial charge in [-0.15, -0.1) is 0 Å². The summed E-state index contributed by atoms with van der Waals surface area (Å²) in [4.78, 5) is 0. The summed E-state index contributed by atoms with van der Waals surface area (Å²) in [6, 6.07) is 7.04. The van der Waals surface area contributed by atoms with E-state index < -0.39 is 6.10 Å². The summed E-state index contributed by atoms with van der Waals surface area (Å²) >= 11 is 9.17. The monoisotopic (exact) mass is 286 g/mol. The van der Waals surface area contributed by atoms with Gasteiger partial charge in [0.1, 0.15) is 6.10 Å².